The van der Waals surface area contributed by atoms with Crippen LogP contribution >= 0.6 is 0 Å². The number of nitrogens with two attached hydrogens (primary N) is 1. The van der Waals surface area contributed by atoms with Crippen LogP contribution in [-0.2, 0) is 11.2 Å². The number of nitrogens with zero attached hydrogens (tertiary/aromatic N) is 2. The molecule has 2 heterocycles. The van der Waals surface area contributed by atoms with Crippen LogP contribution < -0.4 is 15.4 Å². The highest BCUT2D eigenvalue weighted by atomic mass is 19.4. The number of alkyl halides is 3. The molecule has 5 nitrogen and oxygen atoms in total. The van der Waals surface area contributed by atoms with Gasteiger partial charge in [-0.1, -0.05) is 6.07 Å². The fourth-order valence-corrected chi connectivity index (χ4v) is 2.67. The number of halogens is 4. The van der Waals surface area contributed by atoms with Crippen molar-refractivity contribution in [2.45, 2.75) is 12.6 Å². The number of hydrogen-bond donors (Lipinski definition) is 1. The number of amides is 1. The summed E-state index contributed by atoms with van der Waals surface area (Å²) in [6.07, 6.45) is -1.53. The number of carbonyl (C=O) groups is 1. The highest BCUT2D eigenvalue weighted by Gasteiger charge is 2.29. The van der Waals surface area contributed by atoms with Gasteiger partial charge in [-0.25, -0.2) is 9.37 Å². The first-order valence-electron chi connectivity index (χ1n) is 7.92. The zero-order valence-corrected chi connectivity index (χ0v) is 14.0. The third-order valence-electron chi connectivity index (χ3n) is 3.88. The minimum atomic E-state index is -4.54. The number of carbonyl (C=O) groups excluding carboxylic acids is 1. The van der Waals surface area contributed by atoms with Crippen molar-refractivity contribution in [2.75, 3.05) is 23.8 Å². The van der Waals surface area contributed by atoms with Crippen LogP contribution in [0.15, 0.2) is 48.2 Å². The standard InChI is InChI=1S/C18H15F4N3O2/c19-13-2-1-12(15(7-13)27-10-18(20,21)22)5-11-6-17(26)25(9-11)14-3-4-16(23)24-8-14/h1-4,6-8H,5,9-10H2,(H2,23,24). The predicted molar refractivity (Wildman–Crippen MR) is 90.7 cm³/mol. The Kier molecular flexibility index (Phi) is 5.02. The van der Waals surface area contributed by atoms with Crippen LogP contribution in [0.5, 0.6) is 5.75 Å². The molecule has 9 heteroatoms. The Morgan fingerprint density at radius 1 is 1.22 bits per heavy atom. The summed E-state index contributed by atoms with van der Waals surface area (Å²) in [7, 11) is 0. The van der Waals surface area contributed by atoms with E-state index in [-0.39, 0.29) is 24.6 Å². The molecular weight excluding hydrogens is 366 g/mol. The summed E-state index contributed by atoms with van der Waals surface area (Å²) in [6, 6.07) is 6.59. The first-order valence-corrected chi connectivity index (χ1v) is 7.92. The summed E-state index contributed by atoms with van der Waals surface area (Å²) in [5.74, 6) is -0.872. The largest absolute Gasteiger partial charge is 0.484 e. The highest BCUT2D eigenvalue weighted by Crippen LogP contribution is 2.28. The fourth-order valence-electron chi connectivity index (χ4n) is 2.67. The van der Waals surface area contributed by atoms with E-state index < -0.39 is 18.6 Å². The summed E-state index contributed by atoms with van der Waals surface area (Å²) in [5.41, 5.74) is 7.09. The highest BCUT2D eigenvalue weighted by molar-refractivity contribution is 6.05. The van der Waals surface area contributed by atoms with Gasteiger partial charge in [0.25, 0.3) is 5.91 Å². The first kappa shape index (κ1) is 18.7. The van der Waals surface area contributed by atoms with Crippen molar-refractivity contribution in [3.8, 4) is 5.75 Å². The van der Waals surface area contributed by atoms with Crippen LogP contribution in [0.1, 0.15) is 5.56 Å². The molecule has 1 aliphatic rings. The van der Waals surface area contributed by atoms with Crippen molar-refractivity contribution in [3.05, 3.63) is 59.6 Å². The SMILES string of the molecule is Nc1ccc(N2CC(Cc3ccc(F)cc3OCC(F)(F)F)=CC2=O)cn1. The van der Waals surface area contributed by atoms with Crippen molar-refractivity contribution >= 4 is 17.4 Å². The topological polar surface area (TPSA) is 68.4 Å². The molecule has 0 spiro atoms. The zero-order chi connectivity index (χ0) is 19.6. The summed E-state index contributed by atoms with van der Waals surface area (Å²) in [4.78, 5) is 17.6. The van der Waals surface area contributed by atoms with Gasteiger partial charge in [-0.15, -0.1) is 0 Å². The van der Waals surface area contributed by atoms with Crippen LogP contribution in [0, 0.1) is 5.82 Å². The summed E-state index contributed by atoms with van der Waals surface area (Å²) < 4.78 is 55.3. The normalized spacial score (nSPS) is 14.4. The molecular formula is C18H15F4N3O2. The second-order valence-corrected chi connectivity index (χ2v) is 6.00. The lowest BCUT2D eigenvalue weighted by molar-refractivity contribution is -0.153. The third kappa shape index (κ3) is 4.75. The molecule has 0 radical (unpaired) electrons. The van der Waals surface area contributed by atoms with Gasteiger partial charge in [0.1, 0.15) is 17.4 Å². The molecule has 2 aromatic rings. The smallest absolute Gasteiger partial charge is 0.422 e. The van der Waals surface area contributed by atoms with Crippen molar-refractivity contribution in [1.29, 1.82) is 0 Å². The molecule has 0 aliphatic carbocycles. The van der Waals surface area contributed by atoms with Crippen molar-refractivity contribution in [3.63, 3.8) is 0 Å². The Bertz CT molecular complexity index is 879. The predicted octanol–water partition coefficient (Wildman–Crippen LogP) is 3.26. The molecule has 142 valence electrons. The number of anilines is 2. The first-order chi connectivity index (χ1) is 12.7. The Morgan fingerprint density at radius 3 is 2.67 bits per heavy atom. The molecule has 27 heavy (non-hydrogen) atoms. The van der Waals surface area contributed by atoms with E-state index in [1.807, 2.05) is 0 Å². The van der Waals surface area contributed by atoms with Crippen LogP contribution in [-0.4, -0.2) is 30.2 Å². The Hall–Kier alpha value is -3.10. The second-order valence-electron chi connectivity index (χ2n) is 6.00. The molecule has 0 unspecified atom stereocenters. The zero-order valence-electron chi connectivity index (χ0n) is 14.0. The minimum Gasteiger partial charge on any atom is -0.484 e. The van der Waals surface area contributed by atoms with Crippen molar-refractivity contribution in [1.82, 2.24) is 4.98 Å². The lowest BCUT2D eigenvalue weighted by atomic mass is 10.0. The lowest BCUT2D eigenvalue weighted by Gasteiger charge is -2.17. The van der Waals surface area contributed by atoms with Crippen LogP contribution in [0.3, 0.4) is 0 Å². The molecule has 0 saturated heterocycles. The van der Waals surface area contributed by atoms with Crippen LogP contribution in [0.25, 0.3) is 0 Å². The van der Waals surface area contributed by atoms with Gasteiger partial charge in [-0.3, -0.25) is 4.79 Å². The number of aromatic nitrogens is 1. The lowest BCUT2D eigenvalue weighted by Crippen LogP contribution is -2.25. The maximum atomic E-state index is 13.4. The quantitative estimate of drug-likeness (QED) is 0.808. The molecule has 0 bridgehead atoms. The number of rotatable bonds is 5. The van der Waals surface area contributed by atoms with E-state index in [1.165, 1.54) is 23.2 Å². The number of hydrogen-bond acceptors (Lipinski definition) is 4. The van der Waals surface area contributed by atoms with Crippen LogP contribution in [0.4, 0.5) is 29.1 Å². The minimum absolute atomic E-state index is 0.151. The summed E-state index contributed by atoms with van der Waals surface area (Å²) in [6.45, 7) is -1.29. The van der Waals surface area contributed by atoms with Gasteiger partial charge < -0.3 is 15.4 Å². The molecule has 1 aliphatic heterocycles. The van der Waals surface area contributed by atoms with Gasteiger partial charge in [-0.2, -0.15) is 13.2 Å². The molecule has 1 amide bonds. The van der Waals surface area contributed by atoms with E-state index in [4.69, 9.17) is 10.5 Å². The third-order valence-corrected chi connectivity index (χ3v) is 3.88. The molecule has 2 N–H and O–H groups in total. The second kappa shape index (κ2) is 7.26. The number of benzene rings is 1. The molecule has 3 rings (SSSR count). The molecule has 1 aromatic heterocycles. The number of nitrogen functional groups attached to an aromatic ring is 1. The van der Waals surface area contributed by atoms with Crippen molar-refractivity contribution < 1.29 is 27.1 Å². The van der Waals surface area contributed by atoms with Gasteiger partial charge in [-0.05, 0) is 35.8 Å². The van der Waals surface area contributed by atoms with E-state index in [9.17, 15) is 22.4 Å². The fraction of sp³-hybridized carbons (Fsp3) is 0.222. The average Bonchev–Trinajstić information content (AvgIpc) is 2.95. The van der Waals surface area contributed by atoms with E-state index in [0.29, 0.717) is 22.6 Å². The van der Waals surface area contributed by atoms with Gasteiger partial charge >= 0.3 is 6.18 Å². The molecule has 1 aromatic carbocycles. The van der Waals surface area contributed by atoms with Crippen molar-refractivity contribution in [2.24, 2.45) is 0 Å². The van der Waals surface area contributed by atoms with E-state index in [1.54, 1.807) is 12.1 Å². The average molecular weight is 381 g/mol. The van der Waals surface area contributed by atoms with Gasteiger partial charge in [0.2, 0.25) is 0 Å². The molecule has 0 saturated carbocycles. The Balaban J connectivity index is 1.75. The summed E-state index contributed by atoms with van der Waals surface area (Å²) >= 11 is 0. The number of pyridine rings is 1. The number of ether oxygens (including phenoxy) is 1. The van der Waals surface area contributed by atoms with Gasteiger partial charge in [0.05, 0.1) is 11.9 Å². The summed E-state index contributed by atoms with van der Waals surface area (Å²) in [5, 5.41) is 0. The molecule has 0 atom stereocenters. The van der Waals surface area contributed by atoms with Gasteiger partial charge in [0, 0.05) is 18.7 Å². The Morgan fingerprint density at radius 2 is 2.00 bits per heavy atom. The maximum absolute atomic E-state index is 13.4. The van der Waals surface area contributed by atoms with Gasteiger partial charge in [0.15, 0.2) is 6.61 Å². The Labute approximate surface area is 152 Å². The maximum Gasteiger partial charge on any atom is 0.422 e. The monoisotopic (exact) mass is 381 g/mol. The van der Waals surface area contributed by atoms with E-state index in [0.717, 1.165) is 12.1 Å². The molecule has 0 fully saturated rings. The van der Waals surface area contributed by atoms with E-state index >= 15 is 0 Å². The van der Waals surface area contributed by atoms with E-state index in [2.05, 4.69) is 4.98 Å². The van der Waals surface area contributed by atoms with Crippen LogP contribution in [0.2, 0.25) is 0 Å².